The van der Waals surface area contributed by atoms with Crippen molar-refractivity contribution in [1.29, 1.82) is 0 Å². The van der Waals surface area contributed by atoms with Crippen molar-refractivity contribution in [2.45, 2.75) is 32.6 Å². The van der Waals surface area contributed by atoms with E-state index in [1.165, 1.54) is 38.9 Å². The van der Waals surface area contributed by atoms with Gasteiger partial charge in [-0.2, -0.15) is 0 Å². The minimum absolute atomic E-state index is 0.765. The summed E-state index contributed by atoms with van der Waals surface area (Å²) in [5, 5.41) is 3.47. The Morgan fingerprint density at radius 3 is 2.67 bits per heavy atom. The zero-order valence-corrected chi connectivity index (χ0v) is 10.2. The molecule has 1 aliphatic rings. The summed E-state index contributed by atoms with van der Waals surface area (Å²) < 4.78 is 0. The maximum Gasteiger partial charge on any atom is 0.00191 e. The summed E-state index contributed by atoms with van der Waals surface area (Å²) in [5.74, 6) is 0.765. The molecule has 0 radical (unpaired) electrons. The molecule has 0 aromatic heterocycles. The summed E-state index contributed by atoms with van der Waals surface area (Å²) >= 11 is 0. The third-order valence-electron chi connectivity index (χ3n) is 3.07. The van der Waals surface area contributed by atoms with E-state index in [1.807, 2.05) is 0 Å². The van der Waals surface area contributed by atoms with Gasteiger partial charge < -0.3 is 16.0 Å². The van der Waals surface area contributed by atoms with Gasteiger partial charge in [0.2, 0.25) is 0 Å². The first-order chi connectivity index (χ1) is 7.33. The molecule has 0 bridgehead atoms. The van der Waals surface area contributed by atoms with Gasteiger partial charge in [0, 0.05) is 6.54 Å². The summed E-state index contributed by atoms with van der Waals surface area (Å²) in [6.07, 6.45) is 5.32. The second-order valence-electron chi connectivity index (χ2n) is 4.81. The number of hydrogen-bond acceptors (Lipinski definition) is 3. The Bertz CT molecular complexity index is 144. The highest BCUT2D eigenvalue weighted by Gasteiger charge is 2.12. The van der Waals surface area contributed by atoms with Gasteiger partial charge in [-0.1, -0.05) is 13.3 Å². The van der Waals surface area contributed by atoms with Crippen molar-refractivity contribution < 1.29 is 0 Å². The van der Waals surface area contributed by atoms with Crippen LogP contribution >= 0.6 is 0 Å². The molecular weight excluding hydrogens is 186 g/mol. The highest BCUT2D eigenvalue weighted by molar-refractivity contribution is 4.68. The van der Waals surface area contributed by atoms with Crippen LogP contribution in [0.1, 0.15) is 32.6 Å². The van der Waals surface area contributed by atoms with E-state index < -0.39 is 0 Å². The fourth-order valence-electron chi connectivity index (χ4n) is 2.22. The summed E-state index contributed by atoms with van der Waals surface area (Å²) in [6, 6.07) is 0. The lowest BCUT2D eigenvalue weighted by atomic mass is 10.1. The van der Waals surface area contributed by atoms with Gasteiger partial charge in [0.1, 0.15) is 0 Å². The number of hydrogen-bond donors (Lipinski definition) is 2. The molecular formula is C12H27N3. The number of nitrogens with one attached hydrogen (secondary N) is 1. The molecule has 1 heterocycles. The van der Waals surface area contributed by atoms with Gasteiger partial charge in [-0.3, -0.25) is 0 Å². The molecule has 1 aliphatic heterocycles. The van der Waals surface area contributed by atoms with Crippen molar-refractivity contribution in [2.75, 3.05) is 39.3 Å². The Hall–Kier alpha value is -0.120. The van der Waals surface area contributed by atoms with Gasteiger partial charge >= 0.3 is 0 Å². The molecule has 0 aromatic rings. The SMILES string of the molecule is CC(CNCCCN)CN1CCCCC1. The van der Waals surface area contributed by atoms with Crippen LogP contribution in [0.15, 0.2) is 0 Å². The fourth-order valence-corrected chi connectivity index (χ4v) is 2.22. The first kappa shape index (κ1) is 12.9. The second-order valence-corrected chi connectivity index (χ2v) is 4.81. The van der Waals surface area contributed by atoms with Gasteiger partial charge in [-0.15, -0.1) is 0 Å². The lowest BCUT2D eigenvalue weighted by molar-refractivity contribution is 0.199. The number of likely N-dealkylation sites (tertiary alicyclic amines) is 1. The Labute approximate surface area is 94.4 Å². The van der Waals surface area contributed by atoms with Gasteiger partial charge in [-0.05, 0) is 57.9 Å². The largest absolute Gasteiger partial charge is 0.330 e. The standard InChI is InChI=1S/C12H27N3/c1-12(10-14-7-5-6-13)11-15-8-3-2-4-9-15/h12,14H,2-11,13H2,1H3. The zero-order chi connectivity index (χ0) is 10.9. The van der Waals surface area contributed by atoms with Crippen LogP contribution in [-0.2, 0) is 0 Å². The molecule has 0 amide bonds. The number of rotatable bonds is 7. The van der Waals surface area contributed by atoms with Crippen LogP contribution < -0.4 is 11.1 Å². The molecule has 1 fully saturated rings. The first-order valence-corrected chi connectivity index (χ1v) is 6.46. The van der Waals surface area contributed by atoms with E-state index in [0.29, 0.717) is 0 Å². The third-order valence-corrected chi connectivity index (χ3v) is 3.07. The Morgan fingerprint density at radius 2 is 2.00 bits per heavy atom. The van der Waals surface area contributed by atoms with Crippen LogP contribution in [0.5, 0.6) is 0 Å². The highest BCUT2D eigenvalue weighted by atomic mass is 15.1. The van der Waals surface area contributed by atoms with E-state index in [4.69, 9.17) is 5.73 Å². The van der Waals surface area contributed by atoms with Crippen LogP contribution in [0.4, 0.5) is 0 Å². The molecule has 15 heavy (non-hydrogen) atoms. The Kier molecular flexibility index (Phi) is 6.98. The van der Waals surface area contributed by atoms with Crippen LogP contribution in [0.3, 0.4) is 0 Å². The summed E-state index contributed by atoms with van der Waals surface area (Å²) in [7, 11) is 0. The minimum Gasteiger partial charge on any atom is -0.330 e. The highest BCUT2D eigenvalue weighted by Crippen LogP contribution is 2.10. The Morgan fingerprint density at radius 1 is 1.27 bits per heavy atom. The number of nitrogens with two attached hydrogens (primary N) is 1. The molecule has 0 saturated carbocycles. The van der Waals surface area contributed by atoms with E-state index in [0.717, 1.165) is 32.0 Å². The lowest BCUT2D eigenvalue weighted by Gasteiger charge is -2.29. The molecule has 3 N–H and O–H groups in total. The summed E-state index contributed by atoms with van der Waals surface area (Å²) in [5.41, 5.74) is 5.45. The molecule has 3 heteroatoms. The summed E-state index contributed by atoms with van der Waals surface area (Å²) in [4.78, 5) is 2.61. The predicted octanol–water partition coefficient (Wildman–Crippen LogP) is 1.05. The van der Waals surface area contributed by atoms with Crippen LogP contribution in [0, 0.1) is 5.92 Å². The number of nitrogens with zero attached hydrogens (tertiary/aromatic N) is 1. The lowest BCUT2D eigenvalue weighted by Crippen LogP contribution is -2.37. The molecule has 3 nitrogen and oxygen atoms in total. The Balaban J connectivity index is 1.98. The summed E-state index contributed by atoms with van der Waals surface area (Å²) in [6.45, 7) is 9.23. The fraction of sp³-hybridized carbons (Fsp3) is 1.00. The van der Waals surface area contributed by atoms with E-state index in [1.54, 1.807) is 0 Å². The predicted molar refractivity (Wildman–Crippen MR) is 66.0 cm³/mol. The van der Waals surface area contributed by atoms with E-state index in [2.05, 4.69) is 17.1 Å². The normalized spacial score (nSPS) is 20.4. The van der Waals surface area contributed by atoms with E-state index >= 15 is 0 Å². The van der Waals surface area contributed by atoms with Crippen LogP contribution in [0.2, 0.25) is 0 Å². The molecule has 1 unspecified atom stereocenters. The smallest absolute Gasteiger partial charge is 0.00191 e. The van der Waals surface area contributed by atoms with Gasteiger partial charge in [-0.25, -0.2) is 0 Å². The quantitative estimate of drug-likeness (QED) is 0.621. The van der Waals surface area contributed by atoms with Crippen molar-refractivity contribution in [3.05, 3.63) is 0 Å². The molecule has 90 valence electrons. The molecule has 0 aromatic carbocycles. The van der Waals surface area contributed by atoms with Crippen molar-refractivity contribution in [3.8, 4) is 0 Å². The average Bonchev–Trinajstić information content (AvgIpc) is 2.26. The average molecular weight is 213 g/mol. The molecule has 1 atom stereocenters. The van der Waals surface area contributed by atoms with Crippen molar-refractivity contribution in [2.24, 2.45) is 11.7 Å². The second kappa shape index (κ2) is 8.08. The van der Waals surface area contributed by atoms with Crippen molar-refractivity contribution >= 4 is 0 Å². The minimum atomic E-state index is 0.765. The topological polar surface area (TPSA) is 41.3 Å². The van der Waals surface area contributed by atoms with Gasteiger partial charge in [0.05, 0.1) is 0 Å². The monoisotopic (exact) mass is 213 g/mol. The molecule has 1 saturated heterocycles. The molecule has 0 spiro atoms. The van der Waals surface area contributed by atoms with Crippen molar-refractivity contribution in [1.82, 2.24) is 10.2 Å². The molecule has 0 aliphatic carbocycles. The van der Waals surface area contributed by atoms with Crippen LogP contribution in [0.25, 0.3) is 0 Å². The van der Waals surface area contributed by atoms with E-state index in [9.17, 15) is 0 Å². The first-order valence-electron chi connectivity index (χ1n) is 6.46. The van der Waals surface area contributed by atoms with Crippen molar-refractivity contribution in [3.63, 3.8) is 0 Å². The third kappa shape index (κ3) is 6.13. The maximum atomic E-state index is 5.45. The zero-order valence-electron chi connectivity index (χ0n) is 10.2. The number of piperidine rings is 1. The van der Waals surface area contributed by atoms with Crippen LogP contribution in [-0.4, -0.2) is 44.2 Å². The van der Waals surface area contributed by atoms with Gasteiger partial charge in [0.15, 0.2) is 0 Å². The maximum absolute atomic E-state index is 5.45. The van der Waals surface area contributed by atoms with Gasteiger partial charge in [0.25, 0.3) is 0 Å². The van der Waals surface area contributed by atoms with E-state index in [-0.39, 0.29) is 0 Å². The molecule has 1 rings (SSSR count).